The van der Waals surface area contributed by atoms with Gasteiger partial charge >= 0.3 is 0 Å². The molecule has 112 valence electrons. The number of hydrogen-bond acceptors (Lipinski definition) is 2. The third-order valence-corrected chi connectivity index (χ3v) is 4.60. The molecule has 2 atom stereocenters. The first-order chi connectivity index (χ1) is 9.22. The first-order valence-corrected chi connectivity index (χ1v) is 7.54. The summed E-state index contributed by atoms with van der Waals surface area (Å²) < 4.78 is 0. The Kier molecular flexibility index (Phi) is 3.89. The van der Waals surface area contributed by atoms with Crippen LogP contribution in [0.2, 0.25) is 0 Å². The summed E-state index contributed by atoms with van der Waals surface area (Å²) in [6, 6.07) is -0.481. The van der Waals surface area contributed by atoms with E-state index < -0.39 is 11.6 Å². The molecule has 2 aliphatic rings. The van der Waals surface area contributed by atoms with Gasteiger partial charge in [0, 0.05) is 12.1 Å². The molecule has 2 fully saturated rings. The molecule has 0 aromatic carbocycles. The summed E-state index contributed by atoms with van der Waals surface area (Å²) >= 11 is 5.60. The minimum Gasteiger partial charge on any atom is -0.342 e. The molecule has 20 heavy (non-hydrogen) atoms. The predicted octanol–water partition coefficient (Wildman–Crippen LogP) is 2.28. The van der Waals surface area contributed by atoms with Gasteiger partial charge in [-0.15, -0.1) is 0 Å². The zero-order valence-electron chi connectivity index (χ0n) is 12.6. The molecule has 2 unspecified atom stereocenters. The largest absolute Gasteiger partial charge is 0.342 e. The van der Waals surface area contributed by atoms with Gasteiger partial charge in [-0.25, -0.2) is 0 Å². The van der Waals surface area contributed by atoms with Crippen molar-refractivity contribution in [2.24, 2.45) is 11.3 Å². The van der Waals surface area contributed by atoms with Crippen LogP contribution in [0.3, 0.4) is 0 Å². The van der Waals surface area contributed by atoms with Gasteiger partial charge in [-0.2, -0.15) is 0 Å². The maximum atomic E-state index is 12.8. The SMILES string of the molecule is CC(C)(C)C1NC(=O)C(C)(C2CC2)N(C/C=C/Cl)C1=O. The quantitative estimate of drug-likeness (QED) is 0.869. The highest BCUT2D eigenvalue weighted by atomic mass is 35.5. The zero-order chi connectivity index (χ0) is 15.1. The van der Waals surface area contributed by atoms with Gasteiger partial charge in [0.1, 0.15) is 11.6 Å². The Hall–Kier alpha value is -1.03. The topological polar surface area (TPSA) is 49.4 Å². The fraction of sp³-hybridized carbons (Fsp3) is 0.733. The Morgan fingerprint density at radius 3 is 2.45 bits per heavy atom. The highest BCUT2D eigenvalue weighted by molar-refractivity contribution is 6.25. The summed E-state index contributed by atoms with van der Waals surface area (Å²) in [5.41, 5.74) is 0.356. The third-order valence-electron chi connectivity index (χ3n) is 4.42. The van der Waals surface area contributed by atoms with Gasteiger partial charge in [0.25, 0.3) is 0 Å². The molecule has 0 aromatic rings. The molecule has 1 saturated carbocycles. The first kappa shape index (κ1) is 15.4. The lowest BCUT2D eigenvalue weighted by Gasteiger charge is -2.49. The number of carbonyl (C=O) groups excluding carboxylic acids is 2. The van der Waals surface area contributed by atoms with Crippen LogP contribution < -0.4 is 5.32 Å². The molecule has 0 aromatic heterocycles. The van der Waals surface area contributed by atoms with E-state index in [0.29, 0.717) is 6.54 Å². The molecule has 2 rings (SSSR count). The van der Waals surface area contributed by atoms with E-state index in [-0.39, 0.29) is 23.1 Å². The van der Waals surface area contributed by atoms with Gasteiger partial charge in [0.2, 0.25) is 11.8 Å². The van der Waals surface area contributed by atoms with Crippen LogP contribution in [0.4, 0.5) is 0 Å². The number of amides is 2. The lowest BCUT2D eigenvalue weighted by atomic mass is 9.80. The van der Waals surface area contributed by atoms with Crippen LogP contribution in [0.5, 0.6) is 0 Å². The molecule has 1 saturated heterocycles. The number of rotatable bonds is 3. The molecule has 2 amide bonds. The normalized spacial score (nSPS) is 31.9. The monoisotopic (exact) mass is 298 g/mol. The van der Waals surface area contributed by atoms with E-state index in [2.05, 4.69) is 5.32 Å². The van der Waals surface area contributed by atoms with E-state index in [1.165, 1.54) is 5.54 Å². The summed E-state index contributed by atoms with van der Waals surface area (Å²) in [5.74, 6) is 0.208. The number of nitrogens with zero attached hydrogens (tertiary/aromatic N) is 1. The van der Waals surface area contributed by atoms with Crippen LogP contribution in [-0.2, 0) is 9.59 Å². The predicted molar refractivity (Wildman–Crippen MR) is 79.2 cm³/mol. The average molecular weight is 299 g/mol. The summed E-state index contributed by atoms with van der Waals surface area (Å²) in [5, 5.41) is 2.94. The van der Waals surface area contributed by atoms with Crippen molar-refractivity contribution < 1.29 is 9.59 Å². The van der Waals surface area contributed by atoms with Gasteiger partial charge in [0.05, 0.1) is 0 Å². The van der Waals surface area contributed by atoms with Crippen LogP contribution in [0.1, 0.15) is 40.5 Å². The van der Waals surface area contributed by atoms with E-state index in [0.717, 1.165) is 12.8 Å². The van der Waals surface area contributed by atoms with Crippen molar-refractivity contribution in [3.63, 3.8) is 0 Å². The molecule has 1 heterocycles. The second-order valence-corrected chi connectivity index (χ2v) is 7.26. The minimum atomic E-state index is -0.741. The Morgan fingerprint density at radius 1 is 1.40 bits per heavy atom. The Bertz CT molecular complexity index is 451. The molecular weight excluding hydrogens is 276 g/mol. The summed E-state index contributed by atoms with van der Waals surface area (Å²) in [6.07, 6.45) is 3.72. The third kappa shape index (κ3) is 2.46. The summed E-state index contributed by atoms with van der Waals surface area (Å²) in [6.45, 7) is 8.15. The second kappa shape index (κ2) is 5.06. The van der Waals surface area contributed by atoms with E-state index in [1.807, 2.05) is 27.7 Å². The van der Waals surface area contributed by atoms with Crippen LogP contribution in [0, 0.1) is 11.3 Å². The van der Waals surface area contributed by atoms with Crippen LogP contribution in [-0.4, -0.2) is 34.8 Å². The van der Waals surface area contributed by atoms with Crippen molar-refractivity contribution in [2.45, 2.75) is 52.1 Å². The van der Waals surface area contributed by atoms with Crippen molar-refractivity contribution in [3.05, 3.63) is 11.6 Å². The van der Waals surface area contributed by atoms with E-state index in [4.69, 9.17) is 11.6 Å². The number of halogens is 1. The summed E-state index contributed by atoms with van der Waals surface area (Å²) in [7, 11) is 0. The van der Waals surface area contributed by atoms with Crippen molar-refractivity contribution in [1.82, 2.24) is 10.2 Å². The maximum Gasteiger partial charge on any atom is 0.246 e. The number of nitrogens with one attached hydrogen (secondary N) is 1. The highest BCUT2D eigenvalue weighted by Crippen LogP contribution is 2.45. The Morgan fingerprint density at radius 2 is 2.00 bits per heavy atom. The van der Waals surface area contributed by atoms with Gasteiger partial charge in [-0.1, -0.05) is 38.4 Å². The number of piperazine rings is 1. The van der Waals surface area contributed by atoms with Gasteiger partial charge < -0.3 is 10.2 Å². The molecule has 1 N–H and O–H groups in total. The molecule has 1 aliphatic carbocycles. The molecule has 4 nitrogen and oxygen atoms in total. The van der Waals surface area contributed by atoms with Crippen LogP contribution in [0.15, 0.2) is 11.6 Å². The Balaban J connectivity index is 2.36. The van der Waals surface area contributed by atoms with Crippen LogP contribution in [0.25, 0.3) is 0 Å². The number of hydrogen-bond donors (Lipinski definition) is 1. The van der Waals surface area contributed by atoms with Crippen LogP contribution >= 0.6 is 11.6 Å². The molecular formula is C15H23ClN2O2. The van der Waals surface area contributed by atoms with E-state index in [1.54, 1.807) is 11.0 Å². The zero-order valence-corrected chi connectivity index (χ0v) is 13.3. The first-order valence-electron chi connectivity index (χ1n) is 7.10. The molecule has 0 radical (unpaired) electrons. The molecule has 0 spiro atoms. The van der Waals surface area contributed by atoms with Gasteiger partial charge in [-0.3, -0.25) is 9.59 Å². The number of carbonyl (C=O) groups is 2. The molecule has 0 bridgehead atoms. The van der Waals surface area contributed by atoms with Gasteiger partial charge in [-0.05, 0) is 31.1 Å². The molecule has 1 aliphatic heterocycles. The van der Waals surface area contributed by atoms with Crippen molar-refractivity contribution in [3.8, 4) is 0 Å². The van der Waals surface area contributed by atoms with E-state index >= 15 is 0 Å². The lowest BCUT2D eigenvalue weighted by molar-refractivity contribution is -0.160. The smallest absolute Gasteiger partial charge is 0.246 e. The fourth-order valence-electron chi connectivity index (χ4n) is 2.91. The molecule has 5 heteroatoms. The fourth-order valence-corrected chi connectivity index (χ4v) is 2.99. The summed E-state index contributed by atoms with van der Waals surface area (Å²) in [4.78, 5) is 27.1. The van der Waals surface area contributed by atoms with Gasteiger partial charge in [0.15, 0.2) is 0 Å². The lowest BCUT2D eigenvalue weighted by Crippen LogP contribution is -2.72. The van der Waals surface area contributed by atoms with Crippen molar-refractivity contribution in [1.29, 1.82) is 0 Å². The second-order valence-electron chi connectivity index (χ2n) is 7.00. The Labute approximate surface area is 125 Å². The maximum absolute atomic E-state index is 12.8. The minimum absolute atomic E-state index is 0.0127. The van der Waals surface area contributed by atoms with E-state index in [9.17, 15) is 9.59 Å². The van der Waals surface area contributed by atoms with Crippen molar-refractivity contribution in [2.75, 3.05) is 6.54 Å². The van der Waals surface area contributed by atoms with Crippen molar-refractivity contribution >= 4 is 23.4 Å². The average Bonchev–Trinajstić information content (AvgIpc) is 3.16. The standard InChI is InChI=1S/C15H23ClN2O2/c1-14(2,3)11-12(19)18(9-5-8-16)15(4,10-6-7-10)13(20)17-11/h5,8,10-11H,6-7,9H2,1-4H3,(H,17,20)/b8-5+. The highest BCUT2D eigenvalue weighted by Gasteiger charge is 2.58.